The number of aliphatic hydroxyl groups excluding tert-OH is 1. The van der Waals surface area contributed by atoms with Crippen molar-refractivity contribution in [3.05, 3.63) is 29.3 Å². The van der Waals surface area contributed by atoms with Crippen LogP contribution >= 0.6 is 0 Å². The predicted octanol–water partition coefficient (Wildman–Crippen LogP) is 1.77. The van der Waals surface area contributed by atoms with Crippen LogP contribution in [0.3, 0.4) is 0 Å². The van der Waals surface area contributed by atoms with Gasteiger partial charge in [-0.1, -0.05) is 0 Å². The topological polar surface area (TPSA) is 40.5 Å². The molecule has 16 heavy (non-hydrogen) atoms. The number of anilines is 1. The molecule has 1 aromatic carbocycles. The third-order valence-electron chi connectivity index (χ3n) is 3.16. The van der Waals surface area contributed by atoms with Crippen LogP contribution in [-0.4, -0.2) is 30.6 Å². The summed E-state index contributed by atoms with van der Waals surface area (Å²) in [6.45, 7) is 3.80. The summed E-state index contributed by atoms with van der Waals surface area (Å²) in [6, 6.07) is 5.75. The first kappa shape index (κ1) is 11.1. The summed E-state index contributed by atoms with van der Waals surface area (Å²) in [4.78, 5) is 12.9. The lowest BCUT2D eigenvalue weighted by molar-refractivity contribution is 0.112. The van der Waals surface area contributed by atoms with Crippen molar-refractivity contribution in [2.75, 3.05) is 18.0 Å². The van der Waals surface area contributed by atoms with Crippen molar-refractivity contribution in [1.29, 1.82) is 0 Å². The molecule has 3 nitrogen and oxygen atoms in total. The van der Waals surface area contributed by atoms with Gasteiger partial charge in [0.25, 0.3) is 0 Å². The molecule has 0 unspecified atom stereocenters. The largest absolute Gasteiger partial charge is 0.393 e. The van der Waals surface area contributed by atoms with Crippen LogP contribution in [0.1, 0.15) is 28.8 Å². The molecular weight excluding hydrogens is 202 g/mol. The molecule has 3 heteroatoms. The summed E-state index contributed by atoms with van der Waals surface area (Å²) in [7, 11) is 0. The molecule has 0 radical (unpaired) electrons. The average Bonchev–Trinajstić information content (AvgIpc) is 2.30. The highest BCUT2D eigenvalue weighted by Gasteiger charge is 2.18. The van der Waals surface area contributed by atoms with E-state index < -0.39 is 0 Å². The molecule has 0 amide bonds. The highest BCUT2D eigenvalue weighted by Crippen LogP contribution is 2.24. The molecule has 1 aromatic rings. The Morgan fingerprint density at radius 2 is 2.06 bits per heavy atom. The number of hydrogen-bond donors (Lipinski definition) is 1. The number of aldehydes is 1. The minimum absolute atomic E-state index is 0.147. The second kappa shape index (κ2) is 4.66. The van der Waals surface area contributed by atoms with Crippen molar-refractivity contribution < 1.29 is 9.90 Å². The SMILES string of the molecule is Cc1cc(C=O)ccc1N1CCC(O)CC1. The Kier molecular flexibility index (Phi) is 3.25. The normalized spacial score (nSPS) is 17.5. The second-order valence-corrected chi connectivity index (χ2v) is 4.38. The van der Waals surface area contributed by atoms with E-state index in [2.05, 4.69) is 4.90 Å². The lowest BCUT2D eigenvalue weighted by Crippen LogP contribution is -2.36. The lowest BCUT2D eigenvalue weighted by Gasteiger charge is -2.32. The van der Waals surface area contributed by atoms with Gasteiger partial charge < -0.3 is 10.0 Å². The highest BCUT2D eigenvalue weighted by atomic mass is 16.3. The number of benzene rings is 1. The molecule has 1 fully saturated rings. The molecule has 1 N–H and O–H groups in total. The molecule has 1 aliphatic rings. The summed E-state index contributed by atoms with van der Waals surface area (Å²) in [6.07, 6.45) is 2.38. The van der Waals surface area contributed by atoms with Gasteiger partial charge in [-0.15, -0.1) is 0 Å². The Labute approximate surface area is 95.7 Å². The summed E-state index contributed by atoms with van der Waals surface area (Å²) < 4.78 is 0. The number of piperidine rings is 1. The van der Waals surface area contributed by atoms with Gasteiger partial charge in [0.1, 0.15) is 6.29 Å². The Balaban J connectivity index is 2.17. The molecule has 0 aliphatic carbocycles. The fraction of sp³-hybridized carbons (Fsp3) is 0.462. The number of hydrogen-bond acceptors (Lipinski definition) is 3. The van der Waals surface area contributed by atoms with Gasteiger partial charge in [-0.2, -0.15) is 0 Å². The fourth-order valence-electron chi connectivity index (χ4n) is 2.21. The van der Waals surface area contributed by atoms with Crippen LogP contribution in [0.25, 0.3) is 0 Å². The van der Waals surface area contributed by atoms with E-state index in [-0.39, 0.29) is 6.10 Å². The number of carbonyl (C=O) groups is 1. The number of carbonyl (C=O) groups excluding carboxylic acids is 1. The summed E-state index contributed by atoms with van der Waals surface area (Å²) in [5.41, 5.74) is 3.02. The first-order valence-corrected chi connectivity index (χ1v) is 5.69. The van der Waals surface area contributed by atoms with Crippen LogP contribution in [0.2, 0.25) is 0 Å². The third-order valence-corrected chi connectivity index (χ3v) is 3.16. The van der Waals surface area contributed by atoms with Gasteiger partial charge in [-0.25, -0.2) is 0 Å². The second-order valence-electron chi connectivity index (χ2n) is 4.38. The van der Waals surface area contributed by atoms with Crippen molar-refractivity contribution in [1.82, 2.24) is 0 Å². The Morgan fingerprint density at radius 3 is 2.62 bits per heavy atom. The van der Waals surface area contributed by atoms with Crippen LogP contribution in [-0.2, 0) is 0 Å². The van der Waals surface area contributed by atoms with E-state index in [0.717, 1.165) is 43.3 Å². The number of nitrogens with zero attached hydrogens (tertiary/aromatic N) is 1. The van der Waals surface area contributed by atoms with E-state index in [1.54, 1.807) is 0 Å². The van der Waals surface area contributed by atoms with Crippen LogP contribution in [0, 0.1) is 6.92 Å². The predicted molar refractivity (Wildman–Crippen MR) is 64.0 cm³/mol. The minimum atomic E-state index is -0.147. The quantitative estimate of drug-likeness (QED) is 0.771. The van der Waals surface area contributed by atoms with E-state index >= 15 is 0 Å². The zero-order valence-electron chi connectivity index (χ0n) is 9.52. The third kappa shape index (κ3) is 2.25. The zero-order chi connectivity index (χ0) is 11.5. The molecule has 1 saturated heterocycles. The van der Waals surface area contributed by atoms with Gasteiger partial charge in [0, 0.05) is 24.3 Å². The molecule has 0 atom stereocenters. The molecule has 0 aromatic heterocycles. The fourth-order valence-corrected chi connectivity index (χ4v) is 2.21. The molecule has 1 heterocycles. The van der Waals surface area contributed by atoms with Gasteiger partial charge in [-0.05, 0) is 43.5 Å². The van der Waals surface area contributed by atoms with Crippen molar-refractivity contribution in [3.8, 4) is 0 Å². The molecule has 0 spiro atoms. The average molecular weight is 219 g/mol. The maximum Gasteiger partial charge on any atom is 0.150 e. The van der Waals surface area contributed by atoms with E-state index in [4.69, 9.17) is 0 Å². The smallest absolute Gasteiger partial charge is 0.150 e. The Morgan fingerprint density at radius 1 is 1.38 bits per heavy atom. The van der Waals surface area contributed by atoms with Gasteiger partial charge in [0.05, 0.1) is 6.10 Å². The van der Waals surface area contributed by atoms with E-state index in [1.165, 1.54) is 5.69 Å². The van der Waals surface area contributed by atoms with Crippen molar-refractivity contribution in [2.45, 2.75) is 25.9 Å². The summed E-state index contributed by atoms with van der Waals surface area (Å²) >= 11 is 0. The molecule has 2 rings (SSSR count). The molecule has 0 saturated carbocycles. The van der Waals surface area contributed by atoms with Crippen LogP contribution in [0.15, 0.2) is 18.2 Å². The summed E-state index contributed by atoms with van der Waals surface area (Å²) in [5, 5.41) is 9.45. The van der Waals surface area contributed by atoms with Crippen LogP contribution < -0.4 is 4.90 Å². The molecule has 0 bridgehead atoms. The zero-order valence-corrected chi connectivity index (χ0v) is 9.52. The van der Waals surface area contributed by atoms with E-state index in [1.807, 2.05) is 25.1 Å². The van der Waals surface area contributed by atoms with Crippen molar-refractivity contribution in [2.24, 2.45) is 0 Å². The van der Waals surface area contributed by atoms with Gasteiger partial charge in [-0.3, -0.25) is 4.79 Å². The van der Waals surface area contributed by atoms with E-state index in [9.17, 15) is 9.90 Å². The van der Waals surface area contributed by atoms with Crippen molar-refractivity contribution in [3.63, 3.8) is 0 Å². The van der Waals surface area contributed by atoms with Gasteiger partial charge >= 0.3 is 0 Å². The Hall–Kier alpha value is -1.35. The molecular formula is C13H17NO2. The minimum Gasteiger partial charge on any atom is -0.393 e. The van der Waals surface area contributed by atoms with Crippen LogP contribution in [0.5, 0.6) is 0 Å². The first-order valence-electron chi connectivity index (χ1n) is 5.69. The number of aryl methyl sites for hydroxylation is 1. The maximum absolute atomic E-state index is 10.6. The number of rotatable bonds is 2. The van der Waals surface area contributed by atoms with Gasteiger partial charge in [0.2, 0.25) is 0 Å². The Bertz CT molecular complexity index is 382. The van der Waals surface area contributed by atoms with E-state index in [0.29, 0.717) is 0 Å². The monoisotopic (exact) mass is 219 g/mol. The van der Waals surface area contributed by atoms with Gasteiger partial charge in [0.15, 0.2) is 0 Å². The summed E-state index contributed by atoms with van der Waals surface area (Å²) in [5.74, 6) is 0. The first-order chi connectivity index (χ1) is 7.70. The standard InChI is InChI=1S/C13H17NO2/c1-10-8-11(9-15)2-3-13(10)14-6-4-12(16)5-7-14/h2-3,8-9,12,16H,4-7H2,1H3. The molecule has 86 valence electrons. The highest BCUT2D eigenvalue weighted by molar-refractivity contribution is 5.77. The molecule has 1 aliphatic heterocycles. The van der Waals surface area contributed by atoms with Crippen LogP contribution in [0.4, 0.5) is 5.69 Å². The lowest BCUT2D eigenvalue weighted by atomic mass is 10.0. The number of aliphatic hydroxyl groups is 1. The maximum atomic E-state index is 10.6. The van der Waals surface area contributed by atoms with Crippen molar-refractivity contribution >= 4 is 12.0 Å².